The van der Waals surface area contributed by atoms with Gasteiger partial charge in [0.25, 0.3) is 0 Å². The third-order valence-corrected chi connectivity index (χ3v) is 4.29. The first-order valence-corrected chi connectivity index (χ1v) is 6.42. The Morgan fingerprint density at radius 2 is 2.35 bits per heavy atom. The highest BCUT2D eigenvalue weighted by atomic mass is 16.5. The Morgan fingerprint density at radius 1 is 1.47 bits per heavy atom. The Labute approximate surface area is 101 Å². The summed E-state index contributed by atoms with van der Waals surface area (Å²) in [6, 6.07) is 0. The standard InChI is InChI=1S/C13H19NO3/c15-12(11-6-9-1-2-10(11)5-9)14-7-13(16)3-4-17-8-13/h1-2,9-11,16H,3-8H2,(H,14,15). The Bertz CT molecular complexity index is 347. The van der Waals surface area contributed by atoms with Gasteiger partial charge in [-0.3, -0.25) is 4.79 Å². The monoisotopic (exact) mass is 237 g/mol. The van der Waals surface area contributed by atoms with Gasteiger partial charge in [0, 0.05) is 25.5 Å². The van der Waals surface area contributed by atoms with Crippen molar-refractivity contribution in [2.24, 2.45) is 17.8 Å². The third-order valence-electron chi connectivity index (χ3n) is 4.29. The van der Waals surface area contributed by atoms with Crippen LogP contribution in [0.15, 0.2) is 12.2 Å². The fourth-order valence-corrected chi connectivity index (χ4v) is 3.20. The van der Waals surface area contributed by atoms with Crippen LogP contribution in [0.1, 0.15) is 19.3 Å². The maximum atomic E-state index is 12.0. The number of ether oxygens (including phenoxy) is 1. The van der Waals surface area contributed by atoms with E-state index in [0.29, 0.717) is 38.0 Å². The zero-order valence-corrected chi connectivity index (χ0v) is 9.89. The summed E-state index contributed by atoms with van der Waals surface area (Å²) in [7, 11) is 0. The second-order valence-corrected chi connectivity index (χ2v) is 5.63. The van der Waals surface area contributed by atoms with Gasteiger partial charge in [-0.1, -0.05) is 12.2 Å². The summed E-state index contributed by atoms with van der Waals surface area (Å²) < 4.78 is 5.15. The van der Waals surface area contributed by atoms with E-state index in [2.05, 4.69) is 17.5 Å². The molecule has 4 nitrogen and oxygen atoms in total. The van der Waals surface area contributed by atoms with Crippen molar-refractivity contribution in [2.45, 2.75) is 24.9 Å². The smallest absolute Gasteiger partial charge is 0.223 e. The molecule has 1 amide bonds. The van der Waals surface area contributed by atoms with Crippen molar-refractivity contribution in [3.05, 3.63) is 12.2 Å². The fraction of sp³-hybridized carbons (Fsp3) is 0.769. The van der Waals surface area contributed by atoms with Crippen LogP contribution in [0.2, 0.25) is 0 Å². The Kier molecular flexibility index (Phi) is 2.71. The SMILES string of the molecule is O=C(NCC1(O)CCOC1)C1CC2C=CC1C2. The number of rotatable bonds is 3. The third kappa shape index (κ3) is 2.11. The van der Waals surface area contributed by atoms with Gasteiger partial charge in [-0.05, 0) is 24.7 Å². The average Bonchev–Trinajstić information content (AvgIpc) is 3.02. The quantitative estimate of drug-likeness (QED) is 0.701. The minimum absolute atomic E-state index is 0.0992. The van der Waals surface area contributed by atoms with Crippen LogP contribution in [0.3, 0.4) is 0 Å². The number of nitrogens with one attached hydrogen (secondary N) is 1. The van der Waals surface area contributed by atoms with Crippen LogP contribution < -0.4 is 5.32 Å². The highest BCUT2D eigenvalue weighted by Gasteiger charge is 2.40. The molecular weight excluding hydrogens is 218 g/mol. The molecule has 17 heavy (non-hydrogen) atoms. The van der Waals surface area contributed by atoms with E-state index in [0.717, 1.165) is 12.8 Å². The number of allylic oxidation sites excluding steroid dienone is 2. The number of amides is 1. The molecule has 1 saturated heterocycles. The van der Waals surface area contributed by atoms with E-state index in [1.54, 1.807) is 0 Å². The molecule has 0 spiro atoms. The van der Waals surface area contributed by atoms with Gasteiger partial charge in [-0.15, -0.1) is 0 Å². The van der Waals surface area contributed by atoms with Gasteiger partial charge in [-0.25, -0.2) is 0 Å². The molecule has 2 N–H and O–H groups in total. The molecule has 4 heteroatoms. The summed E-state index contributed by atoms with van der Waals surface area (Å²) in [6.45, 7) is 1.25. The largest absolute Gasteiger partial charge is 0.386 e. The van der Waals surface area contributed by atoms with Crippen molar-refractivity contribution in [3.8, 4) is 0 Å². The molecular formula is C13H19NO3. The summed E-state index contributed by atoms with van der Waals surface area (Å²) in [5.41, 5.74) is -0.844. The maximum absolute atomic E-state index is 12.0. The second kappa shape index (κ2) is 4.10. The minimum Gasteiger partial charge on any atom is -0.386 e. The van der Waals surface area contributed by atoms with E-state index in [4.69, 9.17) is 4.74 Å². The summed E-state index contributed by atoms with van der Waals surface area (Å²) in [6.07, 6.45) is 7.12. The van der Waals surface area contributed by atoms with Crippen LogP contribution in [-0.4, -0.2) is 36.4 Å². The number of hydrogen-bond donors (Lipinski definition) is 2. The number of hydrogen-bond acceptors (Lipinski definition) is 3. The van der Waals surface area contributed by atoms with Crippen LogP contribution >= 0.6 is 0 Å². The summed E-state index contributed by atoms with van der Waals surface area (Å²) in [4.78, 5) is 12.0. The molecule has 0 radical (unpaired) electrons. The Hall–Kier alpha value is -0.870. The van der Waals surface area contributed by atoms with E-state index in [-0.39, 0.29) is 11.8 Å². The zero-order valence-electron chi connectivity index (χ0n) is 9.89. The first-order chi connectivity index (χ1) is 8.16. The predicted octanol–water partition coefficient (Wildman–Crippen LogP) is 0.466. The Balaban J connectivity index is 1.52. The highest BCUT2D eigenvalue weighted by Crippen LogP contribution is 2.43. The van der Waals surface area contributed by atoms with Gasteiger partial charge < -0.3 is 15.2 Å². The van der Waals surface area contributed by atoms with Crippen LogP contribution in [0.5, 0.6) is 0 Å². The van der Waals surface area contributed by atoms with Crippen molar-refractivity contribution in [2.75, 3.05) is 19.8 Å². The fourth-order valence-electron chi connectivity index (χ4n) is 3.20. The molecule has 2 aliphatic carbocycles. The van der Waals surface area contributed by atoms with E-state index in [1.807, 2.05) is 0 Å². The molecule has 4 unspecified atom stereocenters. The maximum Gasteiger partial charge on any atom is 0.223 e. The number of fused-ring (bicyclic) bond motifs is 2. The number of carbonyl (C=O) groups excluding carboxylic acids is 1. The molecule has 0 aromatic carbocycles. The highest BCUT2D eigenvalue weighted by molar-refractivity contribution is 5.80. The molecule has 0 aromatic heterocycles. The van der Waals surface area contributed by atoms with Crippen LogP contribution in [-0.2, 0) is 9.53 Å². The molecule has 3 aliphatic rings. The average molecular weight is 237 g/mol. The normalized spacial score (nSPS) is 43.2. The van der Waals surface area contributed by atoms with Gasteiger partial charge in [-0.2, -0.15) is 0 Å². The molecule has 0 aromatic rings. The van der Waals surface area contributed by atoms with E-state index in [9.17, 15) is 9.90 Å². The second-order valence-electron chi connectivity index (χ2n) is 5.63. The predicted molar refractivity (Wildman–Crippen MR) is 62.2 cm³/mol. The number of aliphatic hydroxyl groups is 1. The number of carbonyl (C=O) groups is 1. The summed E-state index contributed by atoms with van der Waals surface area (Å²) >= 11 is 0. The zero-order chi connectivity index (χ0) is 11.9. The van der Waals surface area contributed by atoms with Gasteiger partial charge in [0.05, 0.1) is 6.61 Å². The summed E-state index contributed by atoms with van der Waals surface area (Å²) in [5, 5.41) is 13.0. The van der Waals surface area contributed by atoms with Gasteiger partial charge >= 0.3 is 0 Å². The summed E-state index contributed by atoms with van der Waals surface area (Å²) in [5.74, 6) is 1.25. The van der Waals surface area contributed by atoms with Crippen molar-refractivity contribution in [1.29, 1.82) is 0 Å². The lowest BCUT2D eigenvalue weighted by Gasteiger charge is -2.23. The minimum atomic E-state index is -0.844. The molecule has 1 heterocycles. The first-order valence-electron chi connectivity index (χ1n) is 6.42. The van der Waals surface area contributed by atoms with E-state index < -0.39 is 5.60 Å². The topological polar surface area (TPSA) is 58.6 Å². The van der Waals surface area contributed by atoms with Crippen LogP contribution in [0.4, 0.5) is 0 Å². The molecule has 94 valence electrons. The van der Waals surface area contributed by atoms with Gasteiger partial charge in [0.15, 0.2) is 0 Å². The molecule has 2 bridgehead atoms. The van der Waals surface area contributed by atoms with Crippen molar-refractivity contribution < 1.29 is 14.6 Å². The van der Waals surface area contributed by atoms with Crippen molar-refractivity contribution >= 4 is 5.91 Å². The Morgan fingerprint density at radius 3 is 2.94 bits per heavy atom. The molecule has 2 fully saturated rings. The van der Waals surface area contributed by atoms with Crippen LogP contribution in [0.25, 0.3) is 0 Å². The van der Waals surface area contributed by atoms with Crippen LogP contribution in [0, 0.1) is 17.8 Å². The lowest BCUT2D eigenvalue weighted by molar-refractivity contribution is -0.127. The molecule has 4 atom stereocenters. The van der Waals surface area contributed by atoms with Crippen molar-refractivity contribution in [1.82, 2.24) is 5.32 Å². The van der Waals surface area contributed by atoms with Crippen molar-refractivity contribution in [3.63, 3.8) is 0 Å². The lowest BCUT2D eigenvalue weighted by Crippen LogP contribution is -2.45. The first kappa shape index (κ1) is 11.2. The van der Waals surface area contributed by atoms with E-state index >= 15 is 0 Å². The lowest BCUT2D eigenvalue weighted by atomic mass is 9.92. The van der Waals surface area contributed by atoms with Gasteiger partial charge in [0.2, 0.25) is 5.91 Å². The molecule has 1 aliphatic heterocycles. The molecule has 3 rings (SSSR count). The van der Waals surface area contributed by atoms with Gasteiger partial charge in [0.1, 0.15) is 5.60 Å². The van der Waals surface area contributed by atoms with E-state index in [1.165, 1.54) is 0 Å². The molecule has 1 saturated carbocycles.